The van der Waals surface area contributed by atoms with Gasteiger partial charge in [-0.15, -0.1) is 0 Å². The Kier molecular flexibility index (Phi) is 17.5. The molecule has 1 unspecified atom stereocenters. The van der Waals surface area contributed by atoms with Crippen molar-refractivity contribution in [1.29, 1.82) is 0 Å². The first-order chi connectivity index (χ1) is 17.3. The molecule has 2 rings (SSSR count). The summed E-state index contributed by atoms with van der Waals surface area (Å²) in [5.41, 5.74) is 2.11. The Morgan fingerprint density at radius 3 is 1.51 bits per heavy atom. The van der Waals surface area contributed by atoms with E-state index in [1.54, 1.807) is 0 Å². The molecule has 1 atom stereocenters. The van der Waals surface area contributed by atoms with Crippen molar-refractivity contribution in [3.8, 4) is 0 Å². The summed E-state index contributed by atoms with van der Waals surface area (Å²) in [5, 5.41) is 0.250. The number of rotatable bonds is 22. The maximum absolute atomic E-state index is 12.8. The summed E-state index contributed by atoms with van der Waals surface area (Å²) < 4.78 is 0. The van der Waals surface area contributed by atoms with Gasteiger partial charge < -0.3 is 0 Å². The lowest BCUT2D eigenvalue weighted by Gasteiger charge is -2.16. The second kappa shape index (κ2) is 20.6. The van der Waals surface area contributed by atoms with Crippen LogP contribution >= 0.6 is 11.8 Å². The van der Waals surface area contributed by atoms with Crippen LogP contribution in [0.25, 0.3) is 0 Å². The van der Waals surface area contributed by atoms with Crippen molar-refractivity contribution in [1.82, 2.24) is 0 Å². The van der Waals surface area contributed by atoms with Gasteiger partial charge in [-0.05, 0) is 17.7 Å². The SMILES string of the molecule is CCCCCCCCCCCCCCCCCCSC(CC(=O)c1ccccc1)c1ccccc1. The van der Waals surface area contributed by atoms with Crippen LogP contribution in [0.1, 0.15) is 137 Å². The molecule has 0 saturated heterocycles. The largest absolute Gasteiger partial charge is 0.294 e. The molecule has 0 fully saturated rings. The Bertz CT molecular complexity index is 742. The Labute approximate surface area is 220 Å². The Morgan fingerprint density at radius 1 is 0.600 bits per heavy atom. The highest BCUT2D eigenvalue weighted by atomic mass is 32.2. The first-order valence-corrected chi connectivity index (χ1v) is 15.6. The van der Waals surface area contributed by atoms with E-state index in [-0.39, 0.29) is 11.0 Å². The van der Waals surface area contributed by atoms with Gasteiger partial charge in [0.1, 0.15) is 0 Å². The fourth-order valence-electron chi connectivity index (χ4n) is 4.73. The van der Waals surface area contributed by atoms with E-state index < -0.39 is 0 Å². The fourth-order valence-corrected chi connectivity index (χ4v) is 6.00. The van der Waals surface area contributed by atoms with Crippen LogP contribution in [0, 0.1) is 0 Å². The highest BCUT2D eigenvalue weighted by Crippen LogP contribution is 2.34. The van der Waals surface area contributed by atoms with E-state index >= 15 is 0 Å². The van der Waals surface area contributed by atoms with Crippen molar-refractivity contribution < 1.29 is 4.79 Å². The summed E-state index contributed by atoms with van der Waals surface area (Å²) in [6.45, 7) is 2.29. The average Bonchev–Trinajstić information content (AvgIpc) is 2.90. The number of Topliss-reactive ketones (excluding diaryl/α,β-unsaturated/α-hetero) is 1. The van der Waals surface area contributed by atoms with Crippen LogP contribution in [0.15, 0.2) is 60.7 Å². The lowest BCUT2D eigenvalue weighted by molar-refractivity contribution is 0.0982. The van der Waals surface area contributed by atoms with Crippen molar-refractivity contribution >= 4 is 17.5 Å². The molecule has 0 aliphatic rings. The molecule has 194 valence electrons. The molecular formula is C33H50OS. The van der Waals surface area contributed by atoms with Crippen LogP contribution in [0.4, 0.5) is 0 Å². The highest BCUT2D eigenvalue weighted by Gasteiger charge is 2.17. The third-order valence-corrected chi connectivity index (χ3v) is 8.32. The number of hydrogen-bond donors (Lipinski definition) is 0. The lowest BCUT2D eigenvalue weighted by atomic mass is 10.0. The van der Waals surface area contributed by atoms with Crippen LogP contribution in [0.5, 0.6) is 0 Å². The highest BCUT2D eigenvalue weighted by molar-refractivity contribution is 7.99. The topological polar surface area (TPSA) is 17.1 Å². The second-order valence-electron chi connectivity index (χ2n) is 10.1. The molecule has 0 amide bonds. The van der Waals surface area contributed by atoms with Gasteiger partial charge >= 0.3 is 0 Å². The number of thioether (sulfide) groups is 1. The van der Waals surface area contributed by atoms with Gasteiger partial charge in [-0.25, -0.2) is 0 Å². The Balaban J connectivity index is 1.49. The number of hydrogen-bond acceptors (Lipinski definition) is 2. The minimum Gasteiger partial charge on any atom is -0.294 e. The first-order valence-electron chi connectivity index (χ1n) is 14.6. The van der Waals surface area contributed by atoms with Gasteiger partial charge in [0, 0.05) is 17.2 Å². The second-order valence-corrected chi connectivity index (χ2v) is 11.4. The Hall–Kier alpha value is -1.54. The normalized spacial score (nSPS) is 12.0. The number of unbranched alkanes of at least 4 members (excludes halogenated alkanes) is 15. The monoisotopic (exact) mass is 494 g/mol. The average molecular weight is 495 g/mol. The number of carbonyl (C=O) groups excluding carboxylic acids is 1. The molecule has 0 bridgehead atoms. The van der Waals surface area contributed by atoms with E-state index in [4.69, 9.17) is 0 Å². The van der Waals surface area contributed by atoms with Gasteiger partial charge in [-0.3, -0.25) is 4.79 Å². The number of benzene rings is 2. The zero-order chi connectivity index (χ0) is 24.8. The maximum atomic E-state index is 12.8. The van der Waals surface area contributed by atoms with Crippen molar-refractivity contribution in [3.05, 3.63) is 71.8 Å². The summed E-state index contributed by atoms with van der Waals surface area (Å²) >= 11 is 1.96. The molecule has 1 nitrogen and oxygen atoms in total. The lowest BCUT2D eigenvalue weighted by Crippen LogP contribution is -2.06. The van der Waals surface area contributed by atoms with E-state index in [0.717, 1.165) is 11.3 Å². The van der Waals surface area contributed by atoms with Gasteiger partial charge in [-0.1, -0.05) is 164 Å². The van der Waals surface area contributed by atoms with Gasteiger partial charge in [0.15, 0.2) is 5.78 Å². The Morgan fingerprint density at radius 2 is 1.03 bits per heavy atom. The quantitative estimate of drug-likeness (QED) is 0.120. The molecule has 0 spiro atoms. The summed E-state index contributed by atoms with van der Waals surface area (Å²) in [4.78, 5) is 12.8. The molecule has 2 aromatic rings. The number of ketones is 1. The summed E-state index contributed by atoms with van der Waals surface area (Å²) in [7, 11) is 0. The van der Waals surface area contributed by atoms with E-state index in [1.165, 1.54) is 108 Å². The molecule has 0 N–H and O–H groups in total. The molecular weight excluding hydrogens is 444 g/mol. The predicted molar refractivity (Wildman–Crippen MR) is 157 cm³/mol. The van der Waals surface area contributed by atoms with Gasteiger partial charge in [0.25, 0.3) is 0 Å². The number of carbonyl (C=O) groups is 1. The van der Waals surface area contributed by atoms with Crippen LogP contribution in [-0.4, -0.2) is 11.5 Å². The zero-order valence-electron chi connectivity index (χ0n) is 22.4. The third-order valence-electron chi connectivity index (χ3n) is 6.95. The van der Waals surface area contributed by atoms with Crippen molar-refractivity contribution in [2.24, 2.45) is 0 Å². The van der Waals surface area contributed by atoms with E-state index in [9.17, 15) is 4.79 Å². The molecule has 0 heterocycles. The first kappa shape index (κ1) is 29.7. The smallest absolute Gasteiger partial charge is 0.164 e. The molecule has 0 saturated carbocycles. The standard InChI is InChI=1S/C33H50OS/c1-2-3-4-5-6-7-8-9-10-11-12-13-14-15-16-23-28-35-33(31-26-21-18-22-27-31)29-32(34)30-24-19-17-20-25-30/h17-22,24-27,33H,2-16,23,28-29H2,1H3. The van der Waals surface area contributed by atoms with Crippen molar-refractivity contribution in [3.63, 3.8) is 0 Å². The minimum absolute atomic E-state index is 0.249. The van der Waals surface area contributed by atoms with Crippen LogP contribution in [0.3, 0.4) is 0 Å². The molecule has 0 aliphatic carbocycles. The third kappa shape index (κ3) is 14.6. The van der Waals surface area contributed by atoms with Crippen molar-refractivity contribution in [2.75, 3.05) is 5.75 Å². The molecule has 2 heteroatoms. The summed E-state index contributed by atoms with van der Waals surface area (Å²) in [6, 6.07) is 20.3. The maximum Gasteiger partial charge on any atom is 0.164 e. The zero-order valence-corrected chi connectivity index (χ0v) is 23.2. The van der Waals surface area contributed by atoms with E-state index in [0.29, 0.717) is 6.42 Å². The molecule has 0 radical (unpaired) electrons. The van der Waals surface area contributed by atoms with E-state index in [1.807, 2.05) is 42.1 Å². The molecule has 0 aromatic heterocycles. The van der Waals surface area contributed by atoms with Gasteiger partial charge in [0.2, 0.25) is 0 Å². The van der Waals surface area contributed by atoms with E-state index in [2.05, 4.69) is 37.3 Å². The van der Waals surface area contributed by atoms with Gasteiger partial charge in [0.05, 0.1) is 0 Å². The van der Waals surface area contributed by atoms with Gasteiger partial charge in [-0.2, -0.15) is 11.8 Å². The predicted octanol–water partition coefficient (Wildman–Crippen LogP) is 11.0. The fraction of sp³-hybridized carbons (Fsp3) is 0.606. The van der Waals surface area contributed by atoms with Crippen LogP contribution in [0.2, 0.25) is 0 Å². The molecule has 2 aromatic carbocycles. The van der Waals surface area contributed by atoms with Crippen LogP contribution < -0.4 is 0 Å². The minimum atomic E-state index is 0.249. The summed E-state index contributed by atoms with van der Waals surface area (Å²) in [6.07, 6.45) is 23.1. The molecule has 35 heavy (non-hydrogen) atoms. The summed E-state index contributed by atoms with van der Waals surface area (Å²) in [5.74, 6) is 1.39. The van der Waals surface area contributed by atoms with Crippen molar-refractivity contribution in [2.45, 2.75) is 121 Å². The van der Waals surface area contributed by atoms with Crippen LogP contribution in [-0.2, 0) is 0 Å². The molecule has 0 aliphatic heterocycles.